The summed E-state index contributed by atoms with van der Waals surface area (Å²) >= 11 is 0. The number of hydrogen-bond donors (Lipinski definition) is 2. The van der Waals surface area contributed by atoms with E-state index in [1.807, 2.05) is 6.92 Å². The van der Waals surface area contributed by atoms with Crippen LogP contribution in [0.5, 0.6) is 0 Å². The van der Waals surface area contributed by atoms with Gasteiger partial charge in [0.05, 0.1) is 18.7 Å². The number of rotatable bonds is 6. The van der Waals surface area contributed by atoms with E-state index in [1.54, 1.807) is 0 Å². The molecule has 2 N–H and O–H groups in total. The van der Waals surface area contributed by atoms with Crippen molar-refractivity contribution in [2.24, 2.45) is 0 Å². The van der Waals surface area contributed by atoms with Crippen LogP contribution in [0.2, 0.25) is 0 Å². The first-order valence-corrected chi connectivity index (χ1v) is 6.20. The normalized spacial score (nSPS) is 21.6. The van der Waals surface area contributed by atoms with E-state index in [0.29, 0.717) is 24.6 Å². The van der Waals surface area contributed by atoms with Gasteiger partial charge in [0.1, 0.15) is 0 Å². The minimum absolute atomic E-state index is 0.0952. The molecule has 0 saturated carbocycles. The maximum atomic E-state index is 5.55. The molecule has 1 aliphatic heterocycles. The van der Waals surface area contributed by atoms with E-state index in [0.717, 1.165) is 26.0 Å². The summed E-state index contributed by atoms with van der Waals surface area (Å²) in [5.74, 6) is 0.625. The number of aromatic nitrogens is 2. The molecule has 1 saturated heterocycles. The summed E-state index contributed by atoms with van der Waals surface area (Å²) in [5.41, 5.74) is 0. The third-order valence-electron chi connectivity index (χ3n) is 2.77. The molecule has 1 fully saturated rings. The van der Waals surface area contributed by atoms with Gasteiger partial charge in [-0.1, -0.05) is 12.0 Å². The van der Waals surface area contributed by atoms with Crippen LogP contribution in [0, 0.1) is 0 Å². The first kappa shape index (κ1) is 12.3. The van der Waals surface area contributed by atoms with Crippen molar-refractivity contribution in [1.82, 2.24) is 15.5 Å². The Bertz CT molecular complexity index is 336. The molecule has 2 rings (SSSR count). The SMILES string of the molecule is CCCNC(C)c1nnc(NC2CCOC2)o1. The number of hydrogen-bond acceptors (Lipinski definition) is 6. The van der Waals surface area contributed by atoms with Gasteiger partial charge in [-0.3, -0.25) is 0 Å². The summed E-state index contributed by atoms with van der Waals surface area (Å²) in [5, 5.41) is 14.5. The quantitative estimate of drug-likeness (QED) is 0.781. The largest absolute Gasteiger partial charge is 0.406 e. The minimum atomic E-state index is 0.0952. The summed E-state index contributed by atoms with van der Waals surface area (Å²) in [6, 6.07) is 0.876. The van der Waals surface area contributed by atoms with Crippen molar-refractivity contribution in [2.45, 2.75) is 38.8 Å². The molecular formula is C11H20N4O2. The van der Waals surface area contributed by atoms with Gasteiger partial charge in [-0.25, -0.2) is 0 Å². The topological polar surface area (TPSA) is 72.2 Å². The van der Waals surface area contributed by atoms with Crippen molar-refractivity contribution in [3.05, 3.63) is 5.89 Å². The first-order chi connectivity index (χ1) is 8.29. The molecule has 0 aromatic carbocycles. The lowest BCUT2D eigenvalue weighted by molar-refractivity contribution is 0.195. The molecule has 2 atom stereocenters. The zero-order chi connectivity index (χ0) is 12.1. The lowest BCUT2D eigenvalue weighted by atomic mass is 10.3. The Labute approximate surface area is 101 Å². The lowest BCUT2D eigenvalue weighted by Gasteiger charge is -2.08. The molecule has 6 heteroatoms. The monoisotopic (exact) mass is 240 g/mol. The van der Waals surface area contributed by atoms with E-state index in [4.69, 9.17) is 9.15 Å². The van der Waals surface area contributed by atoms with Crippen molar-refractivity contribution >= 4 is 6.01 Å². The summed E-state index contributed by atoms with van der Waals surface area (Å²) < 4.78 is 10.8. The van der Waals surface area contributed by atoms with E-state index in [2.05, 4.69) is 27.8 Å². The average molecular weight is 240 g/mol. The molecule has 0 aliphatic carbocycles. The van der Waals surface area contributed by atoms with Gasteiger partial charge in [-0.05, 0) is 26.3 Å². The van der Waals surface area contributed by atoms with E-state index >= 15 is 0 Å². The molecule has 2 unspecified atom stereocenters. The van der Waals surface area contributed by atoms with Crippen molar-refractivity contribution in [3.8, 4) is 0 Å². The maximum absolute atomic E-state index is 5.55. The predicted molar refractivity (Wildman–Crippen MR) is 63.9 cm³/mol. The van der Waals surface area contributed by atoms with E-state index in [-0.39, 0.29) is 6.04 Å². The summed E-state index contributed by atoms with van der Waals surface area (Å²) in [6.45, 7) is 6.60. The summed E-state index contributed by atoms with van der Waals surface area (Å²) in [6.07, 6.45) is 2.07. The van der Waals surface area contributed by atoms with Gasteiger partial charge in [0, 0.05) is 6.61 Å². The molecule has 1 aromatic heterocycles. The van der Waals surface area contributed by atoms with Crippen LogP contribution < -0.4 is 10.6 Å². The number of nitrogens with one attached hydrogen (secondary N) is 2. The Balaban J connectivity index is 1.86. The average Bonchev–Trinajstić information content (AvgIpc) is 2.98. The van der Waals surface area contributed by atoms with Crippen LogP contribution >= 0.6 is 0 Å². The Hall–Kier alpha value is -1.14. The highest BCUT2D eigenvalue weighted by Gasteiger charge is 2.19. The van der Waals surface area contributed by atoms with Gasteiger partial charge in [0.15, 0.2) is 0 Å². The van der Waals surface area contributed by atoms with Crippen LogP contribution in [0.25, 0.3) is 0 Å². The van der Waals surface area contributed by atoms with Gasteiger partial charge in [-0.15, -0.1) is 5.10 Å². The third kappa shape index (κ3) is 3.41. The van der Waals surface area contributed by atoms with Crippen molar-refractivity contribution in [2.75, 3.05) is 25.1 Å². The second-order valence-electron chi connectivity index (χ2n) is 4.33. The molecule has 6 nitrogen and oxygen atoms in total. The van der Waals surface area contributed by atoms with Crippen LogP contribution in [0.15, 0.2) is 4.42 Å². The molecule has 96 valence electrons. The minimum Gasteiger partial charge on any atom is -0.406 e. The summed E-state index contributed by atoms with van der Waals surface area (Å²) in [4.78, 5) is 0. The highest BCUT2D eigenvalue weighted by molar-refractivity contribution is 5.20. The van der Waals surface area contributed by atoms with E-state index < -0.39 is 0 Å². The van der Waals surface area contributed by atoms with Crippen LogP contribution in [0.3, 0.4) is 0 Å². The van der Waals surface area contributed by atoms with Crippen LogP contribution in [0.1, 0.15) is 38.6 Å². The maximum Gasteiger partial charge on any atom is 0.315 e. The Morgan fingerprint density at radius 3 is 3.06 bits per heavy atom. The van der Waals surface area contributed by atoms with Gasteiger partial charge in [-0.2, -0.15) is 0 Å². The molecule has 0 radical (unpaired) electrons. The molecule has 0 bridgehead atoms. The standard InChI is InChI=1S/C11H20N4O2/c1-3-5-12-8(2)10-14-15-11(17-10)13-9-4-6-16-7-9/h8-9,12H,3-7H2,1-2H3,(H,13,15). The summed E-state index contributed by atoms with van der Waals surface area (Å²) in [7, 11) is 0. The Morgan fingerprint density at radius 2 is 2.35 bits per heavy atom. The molecular weight excluding hydrogens is 220 g/mol. The molecule has 2 heterocycles. The highest BCUT2D eigenvalue weighted by atomic mass is 16.5. The predicted octanol–water partition coefficient (Wildman–Crippen LogP) is 1.33. The highest BCUT2D eigenvalue weighted by Crippen LogP contribution is 2.16. The molecule has 1 aliphatic rings. The second kappa shape index (κ2) is 5.97. The van der Waals surface area contributed by atoms with E-state index in [9.17, 15) is 0 Å². The van der Waals surface area contributed by atoms with Gasteiger partial charge in [0.2, 0.25) is 5.89 Å². The van der Waals surface area contributed by atoms with Gasteiger partial charge in [0.25, 0.3) is 0 Å². The van der Waals surface area contributed by atoms with Crippen molar-refractivity contribution < 1.29 is 9.15 Å². The van der Waals surface area contributed by atoms with Crippen LogP contribution in [-0.2, 0) is 4.74 Å². The fourth-order valence-corrected chi connectivity index (χ4v) is 1.74. The van der Waals surface area contributed by atoms with Crippen LogP contribution in [-0.4, -0.2) is 36.0 Å². The number of nitrogens with zero attached hydrogens (tertiary/aromatic N) is 2. The Kier molecular flexibility index (Phi) is 4.33. The molecule has 17 heavy (non-hydrogen) atoms. The molecule has 0 amide bonds. The van der Waals surface area contributed by atoms with Crippen molar-refractivity contribution in [1.29, 1.82) is 0 Å². The zero-order valence-corrected chi connectivity index (χ0v) is 10.4. The fraction of sp³-hybridized carbons (Fsp3) is 0.818. The second-order valence-corrected chi connectivity index (χ2v) is 4.33. The number of anilines is 1. The van der Waals surface area contributed by atoms with E-state index in [1.165, 1.54) is 0 Å². The van der Waals surface area contributed by atoms with Crippen LogP contribution in [0.4, 0.5) is 6.01 Å². The van der Waals surface area contributed by atoms with Gasteiger partial charge >= 0.3 is 6.01 Å². The fourth-order valence-electron chi connectivity index (χ4n) is 1.74. The lowest BCUT2D eigenvalue weighted by Crippen LogP contribution is -2.19. The smallest absolute Gasteiger partial charge is 0.315 e. The first-order valence-electron chi connectivity index (χ1n) is 6.20. The van der Waals surface area contributed by atoms with Gasteiger partial charge < -0.3 is 19.8 Å². The third-order valence-corrected chi connectivity index (χ3v) is 2.77. The zero-order valence-electron chi connectivity index (χ0n) is 10.4. The Morgan fingerprint density at radius 1 is 1.47 bits per heavy atom. The van der Waals surface area contributed by atoms with Crippen molar-refractivity contribution in [3.63, 3.8) is 0 Å². The number of ether oxygens (including phenoxy) is 1. The molecule has 0 spiro atoms. The molecule has 1 aromatic rings.